The molecule has 0 aliphatic heterocycles. The number of hydrogen-bond donors (Lipinski definition) is 1. The molecule has 30 heavy (non-hydrogen) atoms. The Bertz CT molecular complexity index is 313. The van der Waals surface area contributed by atoms with Gasteiger partial charge >= 0.3 is 0 Å². The molecule has 1 nitrogen and oxygen atoms in total. The SMILES string of the molecule is CCCCCCCCCCCCCCCC[C@@H](C)CC[C@H](O)CC[C@H](C)CCCC. The van der Waals surface area contributed by atoms with Gasteiger partial charge in [0.1, 0.15) is 0 Å². The first-order chi connectivity index (χ1) is 14.6. The van der Waals surface area contributed by atoms with Gasteiger partial charge in [-0.05, 0) is 37.5 Å². The number of unbranched alkanes of at least 4 members (excludes halogenated alkanes) is 14. The Morgan fingerprint density at radius 2 is 0.733 bits per heavy atom. The van der Waals surface area contributed by atoms with E-state index in [0.717, 1.165) is 24.7 Å². The first kappa shape index (κ1) is 30.0. The molecule has 0 aliphatic rings. The largest absolute Gasteiger partial charge is 0.393 e. The Kier molecular flexibility index (Phi) is 23.6. The van der Waals surface area contributed by atoms with Gasteiger partial charge in [0.25, 0.3) is 0 Å². The summed E-state index contributed by atoms with van der Waals surface area (Å²) in [5.74, 6) is 1.57. The van der Waals surface area contributed by atoms with E-state index in [1.807, 2.05) is 0 Å². The fraction of sp³-hybridized carbons (Fsp3) is 1.00. The van der Waals surface area contributed by atoms with E-state index in [1.54, 1.807) is 0 Å². The molecule has 0 spiro atoms. The minimum Gasteiger partial charge on any atom is -0.393 e. The minimum absolute atomic E-state index is 0.0622. The number of rotatable bonds is 24. The van der Waals surface area contributed by atoms with Gasteiger partial charge in [0.2, 0.25) is 0 Å². The highest BCUT2D eigenvalue weighted by atomic mass is 16.3. The van der Waals surface area contributed by atoms with Crippen molar-refractivity contribution in [3.05, 3.63) is 0 Å². The van der Waals surface area contributed by atoms with Gasteiger partial charge in [-0.3, -0.25) is 0 Å². The smallest absolute Gasteiger partial charge is 0.0540 e. The third-order valence-electron chi connectivity index (χ3n) is 7.09. The molecule has 182 valence electrons. The molecule has 3 atom stereocenters. The molecule has 0 aromatic carbocycles. The Morgan fingerprint density at radius 1 is 0.400 bits per heavy atom. The molecule has 1 N–H and O–H groups in total. The molecular weight excluding hydrogens is 364 g/mol. The van der Waals surface area contributed by atoms with Crippen LogP contribution in [0.25, 0.3) is 0 Å². The zero-order chi connectivity index (χ0) is 22.3. The summed E-state index contributed by atoms with van der Waals surface area (Å²) in [6, 6.07) is 0. The summed E-state index contributed by atoms with van der Waals surface area (Å²) >= 11 is 0. The summed E-state index contributed by atoms with van der Waals surface area (Å²) in [5, 5.41) is 10.3. The molecule has 0 rings (SSSR count). The minimum atomic E-state index is -0.0622. The van der Waals surface area contributed by atoms with Crippen molar-refractivity contribution in [3.63, 3.8) is 0 Å². The maximum Gasteiger partial charge on any atom is 0.0540 e. The third-order valence-corrected chi connectivity index (χ3v) is 7.09. The standard InChI is InChI=1S/C29H60O/c1-5-7-9-10-11-12-13-14-15-16-17-18-19-20-22-28(4)24-26-29(30)25-23-27(3)21-8-6-2/h27-30H,5-26H2,1-4H3/t27-,28-,29-/m1/s1. The Labute approximate surface area is 192 Å². The molecule has 0 aromatic rings. The summed E-state index contributed by atoms with van der Waals surface area (Å²) in [6.07, 6.45) is 29.9. The summed E-state index contributed by atoms with van der Waals surface area (Å²) in [6.45, 7) is 9.30. The van der Waals surface area contributed by atoms with Crippen molar-refractivity contribution in [2.75, 3.05) is 0 Å². The van der Waals surface area contributed by atoms with Crippen LogP contribution in [0.4, 0.5) is 0 Å². The molecule has 0 unspecified atom stereocenters. The molecule has 0 bridgehead atoms. The predicted octanol–water partition coefficient (Wildman–Crippen LogP) is 10.2. The normalized spacial score (nSPS) is 14.7. The van der Waals surface area contributed by atoms with Crippen molar-refractivity contribution in [1.29, 1.82) is 0 Å². The molecule has 0 amide bonds. The van der Waals surface area contributed by atoms with Crippen LogP contribution in [0.1, 0.15) is 169 Å². The highest BCUT2D eigenvalue weighted by Crippen LogP contribution is 2.21. The van der Waals surface area contributed by atoms with E-state index >= 15 is 0 Å². The maximum atomic E-state index is 10.3. The fourth-order valence-corrected chi connectivity index (χ4v) is 4.63. The van der Waals surface area contributed by atoms with Crippen molar-refractivity contribution in [2.24, 2.45) is 11.8 Å². The molecule has 0 saturated heterocycles. The van der Waals surface area contributed by atoms with Crippen molar-refractivity contribution in [1.82, 2.24) is 0 Å². The molecule has 0 heterocycles. The van der Waals surface area contributed by atoms with E-state index in [9.17, 15) is 5.11 Å². The van der Waals surface area contributed by atoms with Crippen molar-refractivity contribution in [2.45, 2.75) is 175 Å². The lowest BCUT2D eigenvalue weighted by molar-refractivity contribution is 0.136. The summed E-state index contributed by atoms with van der Waals surface area (Å²) in [4.78, 5) is 0. The van der Waals surface area contributed by atoms with E-state index in [-0.39, 0.29) is 6.10 Å². The first-order valence-electron chi connectivity index (χ1n) is 14.3. The van der Waals surface area contributed by atoms with E-state index < -0.39 is 0 Å². The fourth-order valence-electron chi connectivity index (χ4n) is 4.63. The summed E-state index contributed by atoms with van der Waals surface area (Å²) in [7, 11) is 0. The zero-order valence-electron chi connectivity index (χ0n) is 21.7. The predicted molar refractivity (Wildman–Crippen MR) is 137 cm³/mol. The molecule has 0 radical (unpaired) electrons. The van der Waals surface area contributed by atoms with Crippen LogP contribution in [-0.4, -0.2) is 11.2 Å². The lowest BCUT2D eigenvalue weighted by Gasteiger charge is -2.17. The summed E-state index contributed by atoms with van der Waals surface area (Å²) in [5.41, 5.74) is 0. The van der Waals surface area contributed by atoms with Crippen LogP contribution in [0.2, 0.25) is 0 Å². The Morgan fingerprint density at radius 3 is 1.13 bits per heavy atom. The second kappa shape index (κ2) is 23.6. The van der Waals surface area contributed by atoms with Crippen LogP contribution in [0.3, 0.4) is 0 Å². The lowest BCUT2D eigenvalue weighted by atomic mass is 9.92. The number of aliphatic hydroxyl groups is 1. The van der Waals surface area contributed by atoms with Gasteiger partial charge in [-0.15, -0.1) is 0 Å². The van der Waals surface area contributed by atoms with E-state index in [0.29, 0.717) is 0 Å². The Balaban J connectivity index is 3.32. The average Bonchev–Trinajstić information content (AvgIpc) is 2.74. The van der Waals surface area contributed by atoms with Crippen LogP contribution in [0.15, 0.2) is 0 Å². The van der Waals surface area contributed by atoms with Crippen molar-refractivity contribution >= 4 is 0 Å². The third kappa shape index (κ3) is 22.6. The van der Waals surface area contributed by atoms with Gasteiger partial charge in [-0.1, -0.05) is 143 Å². The molecular formula is C29H60O. The maximum absolute atomic E-state index is 10.3. The monoisotopic (exact) mass is 424 g/mol. The van der Waals surface area contributed by atoms with Gasteiger partial charge in [0, 0.05) is 0 Å². The molecule has 0 aromatic heterocycles. The quantitative estimate of drug-likeness (QED) is 0.153. The Hall–Kier alpha value is -0.0400. The highest BCUT2D eigenvalue weighted by Gasteiger charge is 2.10. The first-order valence-corrected chi connectivity index (χ1v) is 14.3. The second-order valence-corrected chi connectivity index (χ2v) is 10.5. The second-order valence-electron chi connectivity index (χ2n) is 10.5. The van der Waals surface area contributed by atoms with E-state index in [1.165, 1.54) is 128 Å². The van der Waals surface area contributed by atoms with E-state index in [2.05, 4.69) is 27.7 Å². The van der Waals surface area contributed by atoms with Gasteiger partial charge in [0.15, 0.2) is 0 Å². The van der Waals surface area contributed by atoms with Crippen molar-refractivity contribution < 1.29 is 5.11 Å². The highest BCUT2D eigenvalue weighted by molar-refractivity contribution is 4.63. The summed E-state index contributed by atoms with van der Waals surface area (Å²) < 4.78 is 0. The number of hydrogen-bond acceptors (Lipinski definition) is 1. The molecule has 1 heteroatoms. The van der Waals surface area contributed by atoms with Crippen molar-refractivity contribution in [3.8, 4) is 0 Å². The average molecular weight is 425 g/mol. The lowest BCUT2D eigenvalue weighted by Crippen LogP contribution is -2.10. The number of aliphatic hydroxyl groups excluding tert-OH is 1. The van der Waals surface area contributed by atoms with Gasteiger partial charge in [-0.25, -0.2) is 0 Å². The van der Waals surface area contributed by atoms with Crippen LogP contribution in [0.5, 0.6) is 0 Å². The van der Waals surface area contributed by atoms with Crippen LogP contribution >= 0.6 is 0 Å². The molecule has 0 fully saturated rings. The van der Waals surface area contributed by atoms with Gasteiger partial charge in [0.05, 0.1) is 6.10 Å². The van der Waals surface area contributed by atoms with Gasteiger partial charge < -0.3 is 5.11 Å². The van der Waals surface area contributed by atoms with E-state index in [4.69, 9.17) is 0 Å². The zero-order valence-corrected chi connectivity index (χ0v) is 21.7. The molecule has 0 aliphatic carbocycles. The van der Waals surface area contributed by atoms with Crippen LogP contribution < -0.4 is 0 Å². The van der Waals surface area contributed by atoms with Crippen LogP contribution in [0, 0.1) is 11.8 Å². The topological polar surface area (TPSA) is 20.2 Å². The van der Waals surface area contributed by atoms with Crippen LogP contribution in [-0.2, 0) is 0 Å². The van der Waals surface area contributed by atoms with Gasteiger partial charge in [-0.2, -0.15) is 0 Å². The molecule has 0 saturated carbocycles.